The molecule has 36 heavy (non-hydrogen) atoms. The number of aryl methyl sites for hydroxylation is 1. The highest BCUT2D eigenvalue weighted by Crippen LogP contribution is 2.22. The summed E-state index contributed by atoms with van der Waals surface area (Å²) >= 11 is 1.22. The lowest BCUT2D eigenvalue weighted by molar-refractivity contribution is 0.102. The van der Waals surface area contributed by atoms with Crippen LogP contribution in [-0.4, -0.2) is 47.0 Å². The number of ketones is 1. The average Bonchev–Trinajstić information content (AvgIpc) is 2.89. The Morgan fingerprint density at radius 3 is 2.33 bits per heavy atom. The Kier molecular flexibility index (Phi) is 7.76. The summed E-state index contributed by atoms with van der Waals surface area (Å²) < 4.78 is 32.6. The van der Waals surface area contributed by atoms with E-state index < -0.39 is 10.0 Å². The van der Waals surface area contributed by atoms with Crippen molar-refractivity contribution in [1.29, 1.82) is 0 Å². The van der Waals surface area contributed by atoms with Crippen molar-refractivity contribution >= 4 is 45.0 Å². The molecule has 0 atom stereocenters. The van der Waals surface area contributed by atoms with Crippen LogP contribution in [-0.2, 0) is 10.0 Å². The van der Waals surface area contributed by atoms with E-state index in [0.717, 1.165) is 5.56 Å². The Morgan fingerprint density at radius 1 is 0.972 bits per heavy atom. The molecular formula is C24H22N6O4S2. The van der Waals surface area contributed by atoms with Crippen molar-refractivity contribution in [3.8, 4) is 5.75 Å². The minimum absolute atomic E-state index is 0.000659. The summed E-state index contributed by atoms with van der Waals surface area (Å²) in [5, 5.41) is 3.54. The fourth-order valence-corrected chi connectivity index (χ4v) is 4.64. The zero-order valence-electron chi connectivity index (χ0n) is 19.4. The standard InChI is InChI=1S/C24H22N6O4S2/c1-16-13-26-23(27-14-16)30-36(32,33)20-9-5-18(6-10-20)28-22-11-12-25-24(29-22)35-15-21(31)17-3-7-19(34-2)8-4-17/h3-14H,15H2,1-2H3,(H,25,28,29)(H,26,27,30). The van der Waals surface area contributed by atoms with E-state index in [1.165, 1.54) is 36.3 Å². The summed E-state index contributed by atoms with van der Waals surface area (Å²) in [7, 11) is -2.27. The van der Waals surface area contributed by atoms with Crippen LogP contribution in [0.25, 0.3) is 0 Å². The van der Waals surface area contributed by atoms with E-state index in [9.17, 15) is 13.2 Å². The Hall–Kier alpha value is -4.03. The normalized spacial score (nSPS) is 11.1. The molecule has 2 heterocycles. The molecule has 2 N–H and O–H groups in total. The van der Waals surface area contributed by atoms with Crippen molar-refractivity contribution in [3.63, 3.8) is 0 Å². The summed E-state index contributed by atoms with van der Waals surface area (Å²) in [5.74, 6) is 1.32. The summed E-state index contributed by atoms with van der Waals surface area (Å²) in [6, 6.07) is 14.7. The third-order valence-electron chi connectivity index (χ3n) is 4.82. The van der Waals surface area contributed by atoms with E-state index in [1.54, 1.807) is 55.8 Å². The maximum Gasteiger partial charge on any atom is 0.264 e. The lowest BCUT2D eigenvalue weighted by Gasteiger charge is -2.09. The number of sulfonamides is 1. The van der Waals surface area contributed by atoms with Crippen molar-refractivity contribution in [2.75, 3.05) is 22.9 Å². The topological polar surface area (TPSA) is 136 Å². The summed E-state index contributed by atoms with van der Waals surface area (Å²) in [5.41, 5.74) is 2.03. The van der Waals surface area contributed by atoms with Crippen LogP contribution in [0.5, 0.6) is 5.75 Å². The molecule has 0 aliphatic heterocycles. The number of Topliss-reactive ketones (excluding diaryl/α,β-unsaturated/α-hetero) is 1. The number of aromatic nitrogens is 4. The van der Waals surface area contributed by atoms with Crippen LogP contribution in [0, 0.1) is 6.92 Å². The molecule has 0 saturated carbocycles. The molecule has 2 aromatic carbocycles. The van der Waals surface area contributed by atoms with Gasteiger partial charge >= 0.3 is 0 Å². The van der Waals surface area contributed by atoms with Crippen molar-refractivity contribution in [3.05, 3.63) is 84.3 Å². The highest BCUT2D eigenvalue weighted by atomic mass is 32.2. The number of nitrogens with one attached hydrogen (secondary N) is 2. The van der Waals surface area contributed by atoms with Gasteiger partial charge in [-0.2, -0.15) is 0 Å². The number of thioether (sulfide) groups is 1. The van der Waals surface area contributed by atoms with E-state index in [1.807, 2.05) is 6.92 Å². The molecule has 0 saturated heterocycles. The fraction of sp³-hybridized carbons (Fsp3) is 0.125. The Morgan fingerprint density at radius 2 is 1.67 bits per heavy atom. The number of hydrogen-bond acceptors (Lipinski definition) is 10. The second-order valence-electron chi connectivity index (χ2n) is 7.50. The first-order valence-corrected chi connectivity index (χ1v) is 13.1. The monoisotopic (exact) mass is 522 g/mol. The molecular weight excluding hydrogens is 500 g/mol. The number of rotatable bonds is 10. The summed E-state index contributed by atoms with van der Waals surface area (Å²) in [6.45, 7) is 1.81. The summed E-state index contributed by atoms with van der Waals surface area (Å²) in [6.07, 6.45) is 4.64. The molecule has 0 aliphatic rings. The zero-order chi connectivity index (χ0) is 25.5. The Bertz CT molecular complexity index is 1450. The summed E-state index contributed by atoms with van der Waals surface area (Å²) in [4.78, 5) is 29.1. The largest absolute Gasteiger partial charge is 0.497 e. The fourth-order valence-electron chi connectivity index (χ4n) is 2.96. The van der Waals surface area contributed by atoms with Gasteiger partial charge in [0.1, 0.15) is 11.6 Å². The number of methoxy groups -OCH3 is 1. The molecule has 10 nitrogen and oxygen atoms in total. The molecule has 0 fully saturated rings. The van der Waals surface area contributed by atoms with Crippen molar-refractivity contribution < 1.29 is 17.9 Å². The van der Waals surface area contributed by atoms with E-state index in [2.05, 4.69) is 30.0 Å². The predicted molar refractivity (Wildman–Crippen MR) is 137 cm³/mol. The van der Waals surface area contributed by atoms with Gasteiger partial charge in [-0.05, 0) is 67.1 Å². The Labute approximate surface area is 212 Å². The third-order valence-corrected chi connectivity index (χ3v) is 7.03. The lowest BCUT2D eigenvalue weighted by atomic mass is 10.1. The van der Waals surface area contributed by atoms with Gasteiger partial charge < -0.3 is 10.1 Å². The van der Waals surface area contributed by atoms with Gasteiger partial charge in [-0.1, -0.05) is 11.8 Å². The molecule has 2 aromatic heterocycles. The first-order valence-electron chi connectivity index (χ1n) is 10.6. The van der Waals surface area contributed by atoms with Gasteiger partial charge in [0.15, 0.2) is 10.9 Å². The lowest BCUT2D eigenvalue weighted by Crippen LogP contribution is -2.15. The molecule has 0 aliphatic carbocycles. The van der Waals surface area contributed by atoms with Crippen LogP contribution >= 0.6 is 11.8 Å². The van der Waals surface area contributed by atoms with E-state index >= 15 is 0 Å². The predicted octanol–water partition coefficient (Wildman–Crippen LogP) is 4.10. The number of carbonyl (C=O) groups excluding carboxylic acids is 1. The van der Waals surface area contributed by atoms with Crippen LogP contribution < -0.4 is 14.8 Å². The van der Waals surface area contributed by atoms with Gasteiger partial charge in [-0.15, -0.1) is 0 Å². The first-order chi connectivity index (χ1) is 17.3. The van der Waals surface area contributed by atoms with Crippen LogP contribution in [0.3, 0.4) is 0 Å². The van der Waals surface area contributed by atoms with E-state index in [0.29, 0.717) is 28.0 Å². The number of hydrogen-bond donors (Lipinski definition) is 2. The second kappa shape index (κ2) is 11.1. The van der Waals surface area contributed by atoms with Gasteiger partial charge in [0.2, 0.25) is 5.95 Å². The van der Waals surface area contributed by atoms with Gasteiger partial charge in [-0.25, -0.2) is 33.1 Å². The zero-order valence-corrected chi connectivity index (χ0v) is 21.0. The van der Waals surface area contributed by atoms with Gasteiger partial charge in [-0.3, -0.25) is 4.79 Å². The van der Waals surface area contributed by atoms with Crippen LogP contribution in [0.1, 0.15) is 15.9 Å². The van der Waals surface area contributed by atoms with Gasteiger partial charge in [0.05, 0.1) is 17.8 Å². The molecule has 0 radical (unpaired) electrons. The molecule has 0 amide bonds. The molecule has 4 aromatic rings. The molecule has 4 rings (SSSR count). The second-order valence-corrected chi connectivity index (χ2v) is 10.1. The molecule has 0 bridgehead atoms. The Balaban J connectivity index is 1.36. The quantitative estimate of drug-likeness (QED) is 0.178. The molecule has 0 unspecified atom stereocenters. The maximum atomic E-state index is 12.6. The number of ether oxygens (including phenoxy) is 1. The maximum absolute atomic E-state index is 12.6. The van der Waals surface area contributed by atoms with Gasteiger partial charge in [0.25, 0.3) is 10.0 Å². The third kappa shape index (κ3) is 6.55. The number of carbonyl (C=O) groups is 1. The molecule has 0 spiro atoms. The molecule has 12 heteroatoms. The van der Waals surface area contributed by atoms with Crippen molar-refractivity contribution in [2.24, 2.45) is 0 Å². The SMILES string of the molecule is COc1ccc(C(=O)CSc2nccc(Nc3ccc(S(=O)(=O)Nc4ncc(C)cn4)cc3)n2)cc1. The van der Waals surface area contributed by atoms with E-state index in [4.69, 9.17) is 4.74 Å². The molecule has 184 valence electrons. The van der Waals surface area contributed by atoms with Crippen LogP contribution in [0.15, 0.2) is 83.2 Å². The minimum Gasteiger partial charge on any atom is -0.497 e. The number of nitrogens with zero attached hydrogens (tertiary/aromatic N) is 4. The van der Waals surface area contributed by atoms with Crippen molar-refractivity contribution in [2.45, 2.75) is 17.0 Å². The van der Waals surface area contributed by atoms with Crippen molar-refractivity contribution in [1.82, 2.24) is 19.9 Å². The minimum atomic E-state index is -3.84. The number of anilines is 3. The first kappa shape index (κ1) is 25.1. The number of benzene rings is 2. The highest BCUT2D eigenvalue weighted by Gasteiger charge is 2.16. The highest BCUT2D eigenvalue weighted by molar-refractivity contribution is 7.99. The van der Waals surface area contributed by atoms with E-state index in [-0.39, 0.29) is 22.4 Å². The smallest absolute Gasteiger partial charge is 0.264 e. The van der Waals surface area contributed by atoms with Crippen LogP contribution in [0.2, 0.25) is 0 Å². The average molecular weight is 523 g/mol. The van der Waals surface area contributed by atoms with Gasteiger partial charge in [0, 0.05) is 29.8 Å². The van der Waals surface area contributed by atoms with Crippen LogP contribution in [0.4, 0.5) is 17.5 Å².